The third-order valence-electron chi connectivity index (χ3n) is 5.53. The second kappa shape index (κ2) is 7.28. The third kappa shape index (κ3) is 3.17. The summed E-state index contributed by atoms with van der Waals surface area (Å²) in [5.74, 6) is -0.619. The van der Waals surface area contributed by atoms with Crippen LogP contribution in [-0.4, -0.2) is 36.9 Å². The molecule has 0 saturated heterocycles. The largest absolute Gasteiger partial charge is 0.330 e. The van der Waals surface area contributed by atoms with Crippen molar-refractivity contribution in [2.45, 2.75) is 19.4 Å². The van der Waals surface area contributed by atoms with Gasteiger partial charge in [-0.15, -0.1) is 0 Å². The Bertz CT molecular complexity index is 1270. The van der Waals surface area contributed by atoms with Gasteiger partial charge in [0.2, 0.25) is 5.95 Å². The van der Waals surface area contributed by atoms with Crippen LogP contribution < -0.4 is 0 Å². The summed E-state index contributed by atoms with van der Waals surface area (Å²) in [7, 11) is 0. The molecule has 8 heteroatoms. The SMILES string of the molecule is CC1c2cccc(-c3ccc(F)nc3)c2CCN1C(=O)c1cc2ncc(Br)cn2n1. The van der Waals surface area contributed by atoms with Crippen LogP contribution in [0.5, 0.6) is 0 Å². The predicted molar refractivity (Wildman–Crippen MR) is 113 cm³/mol. The molecule has 1 aliphatic heterocycles. The first-order chi connectivity index (χ1) is 14.5. The number of halogens is 2. The number of rotatable bonds is 2. The molecule has 1 aromatic carbocycles. The van der Waals surface area contributed by atoms with Gasteiger partial charge < -0.3 is 4.90 Å². The van der Waals surface area contributed by atoms with Crippen LogP contribution in [0.2, 0.25) is 0 Å². The summed E-state index contributed by atoms with van der Waals surface area (Å²) >= 11 is 3.37. The number of carbonyl (C=O) groups excluding carboxylic acids is 1. The van der Waals surface area contributed by atoms with Gasteiger partial charge in [0.15, 0.2) is 11.3 Å². The molecule has 1 amide bonds. The van der Waals surface area contributed by atoms with Crippen molar-refractivity contribution in [3.63, 3.8) is 0 Å². The van der Waals surface area contributed by atoms with Gasteiger partial charge >= 0.3 is 0 Å². The van der Waals surface area contributed by atoms with Gasteiger partial charge in [0, 0.05) is 36.8 Å². The van der Waals surface area contributed by atoms with Gasteiger partial charge in [-0.1, -0.05) is 18.2 Å². The molecule has 5 rings (SSSR count). The second-order valence-corrected chi connectivity index (χ2v) is 8.19. The molecule has 0 fully saturated rings. The lowest BCUT2D eigenvalue weighted by molar-refractivity contribution is 0.0671. The number of amides is 1. The fourth-order valence-corrected chi connectivity index (χ4v) is 4.35. The zero-order valence-electron chi connectivity index (χ0n) is 16.1. The van der Waals surface area contributed by atoms with Gasteiger partial charge in [-0.25, -0.2) is 14.5 Å². The van der Waals surface area contributed by atoms with Gasteiger partial charge in [0.05, 0.1) is 10.5 Å². The van der Waals surface area contributed by atoms with Gasteiger partial charge in [-0.3, -0.25) is 4.79 Å². The average Bonchev–Trinajstić information content (AvgIpc) is 3.17. The van der Waals surface area contributed by atoms with Crippen LogP contribution in [0.3, 0.4) is 0 Å². The third-order valence-corrected chi connectivity index (χ3v) is 5.94. The number of hydrogen-bond donors (Lipinski definition) is 0. The summed E-state index contributed by atoms with van der Waals surface area (Å²) in [6, 6.07) is 10.7. The van der Waals surface area contributed by atoms with Crippen LogP contribution >= 0.6 is 15.9 Å². The fourth-order valence-electron chi connectivity index (χ4n) is 4.06. The summed E-state index contributed by atoms with van der Waals surface area (Å²) in [6.45, 7) is 2.59. The molecule has 4 aromatic rings. The number of aromatic nitrogens is 4. The van der Waals surface area contributed by atoms with Crippen molar-refractivity contribution in [3.8, 4) is 11.1 Å². The number of fused-ring (bicyclic) bond motifs is 2. The molecule has 0 bridgehead atoms. The minimum atomic E-state index is -0.498. The maximum Gasteiger partial charge on any atom is 0.274 e. The molecule has 150 valence electrons. The first-order valence-corrected chi connectivity index (χ1v) is 10.4. The molecule has 3 aromatic heterocycles. The van der Waals surface area contributed by atoms with Crippen molar-refractivity contribution in [1.82, 2.24) is 24.5 Å². The highest BCUT2D eigenvalue weighted by atomic mass is 79.9. The Morgan fingerprint density at radius 3 is 2.87 bits per heavy atom. The summed E-state index contributed by atoms with van der Waals surface area (Å²) in [6.07, 6.45) is 5.71. The van der Waals surface area contributed by atoms with Crippen LogP contribution in [0.25, 0.3) is 16.8 Å². The Morgan fingerprint density at radius 1 is 1.20 bits per heavy atom. The first-order valence-electron chi connectivity index (χ1n) is 9.57. The van der Waals surface area contributed by atoms with E-state index in [1.165, 1.54) is 11.6 Å². The molecule has 0 aliphatic carbocycles. The standard InChI is InChI=1S/C22H17BrFN5O/c1-13-16-3-2-4-17(14-5-6-20(24)25-10-14)18(16)7-8-28(13)22(30)19-9-21-26-11-15(23)12-29(21)27-19/h2-6,9-13H,7-8H2,1H3. The highest BCUT2D eigenvalue weighted by molar-refractivity contribution is 9.10. The Balaban J connectivity index is 1.48. The van der Waals surface area contributed by atoms with Crippen LogP contribution in [0.1, 0.15) is 34.6 Å². The van der Waals surface area contributed by atoms with Gasteiger partial charge in [0.1, 0.15) is 0 Å². The van der Waals surface area contributed by atoms with E-state index in [4.69, 9.17) is 0 Å². The number of carbonyl (C=O) groups is 1. The van der Waals surface area contributed by atoms with E-state index in [1.807, 2.05) is 30.0 Å². The predicted octanol–water partition coefficient (Wildman–Crippen LogP) is 4.45. The van der Waals surface area contributed by atoms with Gasteiger partial charge in [-0.05, 0) is 58.1 Å². The number of nitrogens with zero attached hydrogens (tertiary/aromatic N) is 5. The highest BCUT2D eigenvalue weighted by Crippen LogP contribution is 2.36. The lowest BCUT2D eigenvalue weighted by Gasteiger charge is -2.36. The Hall–Kier alpha value is -3.13. The molecule has 0 saturated carbocycles. The summed E-state index contributed by atoms with van der Waals surface area (Å²) in [4.78, 5) is 23.1. The van der Waals surface area contributed by atoms with Crippen molar-refractivity contribution >= 4 is 27.5 Å². The lowest BCUT2D eigenvalue weighted by atomic mass is 9.87. The van der Waals surface area contributed by atoms with Gasteiger partial charge in [-0.2, -0.15) is 9.49 Å². The van der Waals surface area contributed by atoms with E-state index in [9.17, 15) is 9.18 Å². The lowest BCUT2D eigenvalue weighted by Crippen LogP contribution is -2.39. The zero-order valence-corrected chi connectivity index (χ0v) is 17.7. The Morgan fingerprint density at radius 2 is 2.07 bits per heavy atom. The highest BCUT2D eigenvalue weighted by Gasteiger charge is 2.31. The maximum atomic E-state index is 13.2. The van der Waals surface area contributed by atoms with Crippen molar-refractivity contribution in [2.24, 2.45) is 0 Å². The molecule has 0 N–H and O–H groups in total. The smallest absolute Gasteiger partial charge is 0.274 e. The molecular weight excluding hydrogens is 449 g/mol. The van der Waals surface area contributed by atoms with Crippen molar-refractivity contribution in [2.75, 3.05) is 6.54 Å². The van der Waals surface area contributed by atoms with E-state index in [2.05, 4.69) is 31.0 Å². The summed E-state index contributed by atoms with van der Waals surface area (Å²) in [5.41, 5.74) is 5.15. The molecule has 6 nitrogen and oxygen atoms in total. The first kappa shape index (κ1) is 18.9. The van der Waals surface area contributed by atoms with Crippen LogP contribution in [0.4, 0.5) is 4.39 Å². The van der Waals surface area contributed by atoms with E-state index < -0.39 is 5.95 Å². The van der Waals surface area contributed by atoms with Gasteiger partial charge in [0.25, 0.3) is 5.91 Å². The summed E-state index contributed by atoms with van der Waals surface area (Å²) < 4.78 is 15.6. The monoisotopic (exact) mass is 465 g/mol. The molecule has 1 aliphatic rings. The number of pyridine rings is 1. The van der Waals surface area contributed by atoms with E-state index >= 15 is 0 Å². The number of hydrogen-bond acceptors (Lipinski definition) is 4. The van der Waals surface area contributed by atoms with Crippen molar-refractivity contribution in [3.05, 3.63) is 82.2 Å². The zero-order chi connectivity index (χ0) is 20.8. The molecule has 30 heavy (non-hydrogen) atoms. The number of benzene rings is 1. The molecule has 1 atom stereocenters. The normalized spacial score (nSPS) is 16.0. The minimum Gasteiger partial charge on any atom is -0.330 e. The Kier molecular flexibility index (Phi) is 4.58. The van der Waals surface area contributed by atoms with Crippen LogP contribution in [0.15, 0.2) is 59.5 Å². The van der Waals surface area contributed by atoms with Crippen molar-refractivity contribution < 1.29 is 9.18 Å². The topological polar surface area (TPSA) is 63.4 Å². The average molecular weight is 466 g/mol. The second-order valence-electron chi connectivity index (χ2n) is 7.27. The van der Waals surface area contributed by atoms with Crippen LogP contribution in [-0.2, 0) is 6.42 Å². The van der Waals surface area contributed by atoms with Crippen LogP contribution in [0, 0.1) is 5.95 Å². The maximum absolute atomic E-state index is 13.2. The molecular formula is C22H17BrFN5O. The van der Waals surface area contributed by atoms with E-state index in [-0.39, 0.29) is 11.9 Å². The summed E-state index contributed by atoms with van der Waals surface area (Å²) in [5, 5.41) is 4.40. The minimum absolute atomic E-state index is 0.112. The quantitative estimate of drug-likeness (QED) is 0.410. The molecule has 0 spiro atoms. The van der Waals surface area contributed by atoms with E-state index in [0.29, 0.717) is 24.3 Å². The van der Waals surface area contributed by atoms with Crippen molar-refractivity contribution in [1.29, 1.82) is 0 Å². The molecule has 4 heterocycles. The van der Waals surface area contributed by atoms with E-state index in [1.54, 1.807) is 35.2 Å². The Labute approximate surface area is 180 Å². The fraction of sp³-hybridized carbons (Fsp3) is 0.182. The molecule has 0 radical (unpaired) electrons. The molecule has 1 unspecified atom stereocenters. The van der Waals surface area contributed by atoms with E-state index in [0.717, 1.165) is 21.2 Å².